The van der Waals surface area contributed by atoms with Crippen molar-refractivity contribution >= 4 is 16.8 Å². The first-order valence-electron chi connectivity index (χ1n) is 8.99. The van der Waals surface area contributed by atoms with Crippen molar-refractivity contribution in [3.63, 3.8) is 0 Å². The molecule has 2 aromatic carbocycles. The van der Waals surface area contributed by atoms with Crippen LogP contribution < -0.4 is 0 Å². The van der Waals surface area contributed by atoms with Crippen LogP contribution >= 0.6 is 0 Å². The number of amides is 1. The van der Waals surface area contributed by atoms with Crippen LogP contribution in [-0.4, -0.2) is 41.6 Å². The summed E-state index contributed by atoms with van der Waals surface area (Å²) in [5.41, 5.74) is 2.84. The number of pyridine rings is 1. The van der Waals surface area contributed by atoms with Gasteiger partial charge in [-0.15, -0.1) is 0 Å². The number of aromatic nitrogens is 1. The number of hydrogen-bond donors (Lipinski definition) is 0. The predicted octanol–water partition coefficient (Wildman–Crippen LogP) is 3.71. The van der Waals surface area contributed by atoms with Crippen molar-refractivity contribution in [2.45, 2.75) is 25.0 Å². The first-order chi connectivity index (χ1) is 12.8. The van der Waals surface area contributed by atoms with Gasteiger partial charge in [0.15, 0.2) is 0 Å². The van der Waals surface area contributed by atoms with Gasteiger partial charge in [-0.05, 0) is 42.7 Å². The highest BCUT2D eigenvalue weighted by atomic mass is 16.5. The Hall–Kier alpha value is -2.72. The fourth-order valence-corrected chi connectivity index (χ4v) is 3.82. The van der Waals surface area contributed by atoms with Gasteiger partial charge in [-0.1, -0.05) is 36.4 Å². The van der Waals surface area contributed by atoms with Crippen molar-refractivity contribution < 1.29 is 9.53 Å². The molecule has 1 fully saturated rings. The number of nitrogens with zero attached hydrogens (tertiary/aromatic N) is 2. The molecule has 4 heteroatoms. The van der Waals surface area contributed by atoms with E-state index in [4.69, 9.17) is 4.74 Å². The quantitative estimate of drug-likeness (QED) is 0.723. The lowest BCUT2D eigenvalue weighted by Crippen LogP contribution is -2.41. The van der Waals surface area contributed by atoms with Crippen LogP contribution in [0.1, 0.15) is 22.3 Å². The average Bonchev–Trinajstić information content (AvgIpc) is 3.10. The molecule has 1 aromatic heterocycles. The molecule has 0 unspecified atom stereocenters. The molecule has 0 aliphatic carbocycles. The van der Waals surface area contributed by atoms with Gasteiger partial charge in [0.05, 0.1) is 17.7 Å². The summed E-state index contributed by atoms with van der Waals surface area (Å²) in [6.45, 7) is 0.722. The Morgan fingerprint density at radius 2 is 2.00 bits per heavy atom. The van der Waals surface area contributed by atoms with Gasteiger partial charge in [0.2, 0.25) is 0 Å². The summed E-state index contributed by atoms with van der Waals surface area (Å²) >= 11 is 0. The third-order valence-corrected chi connectivity index (χ3v) is 5.19. The minimum absolute atomic E-state index is 0.0551. The molecular formula is C22H22N2O2. The number of fused-ring (bicyclic) bond motifs is 1. The molecule has 0 bridgehead atoms. The summed E-state index contributed by atoms with van der Waals surface area (Å²) < 4.78 is 5.68. The van der Waals surface area contributed by atoms with Crippen LogP contribution in [0, 0.1) is 0 Å². The number of carbonyl (C=O) groups excluding carboxylic acids is 1. The predicted molar refractivity (Wildman–Crippen MR) is 102 cm³/mol. The van der Waals surface area contributed by atoms with Crippen LogP contribution in [0.25, 0.3) is 10.9 Å². The molecule has 0 N–H and O–H groups in total. The Morgan fingerprint density at radius 1 is 1.15 bits per heavy atom. The van der Waals surface area contributed by atoms with Crippen molar-refractivity contribution in [1.29, 1.82) is 0 Å². The molecule has 1 aliphatic heterocycles. The molecular weight excluding hydrogens is 324 g/mol. The Kier molecular flexibility index (Phi) is 4.67. The molecule has 4 rings (SSSR count). The van der Waals surface area contributed by atoms with Gasteiger partial charge in [-0.3, -0.25) is 9.78 Å². The maximum atomic E-state index is 13.2. The summed E-state index contributed by atoms with van der Waals surface area (Å²) in [5.74, 6) is 0.0660. The third-order valence-electron chi connectivity index (χ3n) is 5.19. The fourth-order valence-electron chi connectivity index (χ4n) is 3.82. The summed E-state index contributed by atoms with van der Waals surface area (Å²) in [5, 5.41) is 0.987. The molecule has 1 saturated heterocycles. The van der Waals surface area contributed by atoms with E-state index in [0.29, 0.717) is 5.56 Å². The van der Waals surface area contributed by atoms with Crippen LogP contribution in [0.4, 0.5) is 0 Å². The molecule has 4 nitrogen and oxygen atoms in total. The molecule has 132 valence electrons. The lowest BCUT2D eigenvalue weighted by Gasteiger charge is -2.28. The molecule has 3 aromatic rings. The zero-order valence-corrected chi connectivity index (χ0v) is 14.8. The number of rotatable bonds is 4. The lowest BCUT2D eigenvalue weighted by atomic mass is 10.0. The second kappa shape index (κ2) is 7.26. The monoisotopic (exact) mass is 346 g/mol. The molecule has 0 spiro atoms. The summed E-state index contributed by atoms with van der Waals surface area (Å²) in [4.78, 5) is 19.5. The highest BCUT2D eigenvalue weighted by Crippen LogP contribution is 2.26. The van der Waals surface area contributed by atoms with Gasteiger partial charge in [-0.25, -0.2) is 0 Å². The SMILES string of the molecule is CO[C@@H]1CCN(C(=O)c2ccc3ncccc3c2)[C@H]1Cc1ccccc1. The first kappa shape index (κ1) is 16.7. The first-order valence-corrected chi connectivity index (χ1v) is 8.99. The number of hydrogen-bond acceptors (Lipinski definition) is 3. The summed E-state index contributed by atoms with van der Waals surface area (Å²) in [6, 6.07) is 20.0. The van der Waals surface area contributed by atoms with Gasteiger partial charge in [-0.2, -0.15) is 0 Å². The Morgan fingerprint density at radius 3 is 2.81 bits per heavy atom. The van der Waals surface area contributed by atoms with E-state index in [1.54, 1.807) is 13.3 Å². The minimum atomic E-state index is 0.0551. The number of benzene rings is 2. The van der Waals surface area contributed by atoms with E-state index < -0.39 is 0 Å². The second-order valence-electron chi connectivity index (χ2n) is 6.73. The zero-order chi connectivity index (χ0) is 17.9. The fraction of sp³-hybridized carbons (Fsp3) is 0.273. The van der Waals surface area contributed by atoms with Crippen LogP contribution in [0.3, 0.4) is 0 Å². The van der Waals surface area contributed by atoms with Crippen LogP contribution in [-0.2, 0) is 11.2 Å². The minimum Gasteiger partial charge on any atom is -0.379 e. The topological polar surface area (TPSA) is 42.4 Å². The van der Waals surface area contributed by atoms with Crippen molar-refractivity contribution in [1.82, 2.24) is 9.88 Å². The molecule has 26 heavy (non-hydrogen) atoms. The van der Waals surface area contributed by atoms with Gasteiger partial charge in [0.1, 0.15) is 0 Å². The molecule has 1 aliphatic rings. The van der Waals surface area contributed by atoms with E-state index in [1.807, 2.05) is 53.4 Å². The Balaban J connectivity index is 1.62. The molecule has 0 radical (unpaired) electrons. The largest absolute Gasteiger partial charge is 0.379 e. The molecule has 0 saturated carbocycles. The van der Waals surface area contributed by atoms with Crippen molar-refractivity contribution in [3.05, 3.63) is 78.0 Å². The summed E-state index contributed by atoms with van der Waals surface area (Å²) in [6.07, 6.45) is 3.51. The normalized spacial score (nSPS) is 19.8. The third kappa shape index (κ3) is 3.20. The zero-order valence-electron chi connectivity index (χ0n) is 14.8. The van der Waals surface area contributed by atoms with Crippen molar-refractivity contribution in [2.75, 3.05) is 13.7 Å². The molecule has 2 heterocycles. The maximum Gasteiger partial charge on any atom is 0.254 e. The average molecular weight is 346 g/mol. The maximum absolute atomic E-state index is 13.2. The van der Waals surface area contributed by atoms with Gasteiger partial charge < -0.3 is 9.64 Å². The van der Waals surface area contributed by atoms with E-state index in [-0.39, 0.29) is 18.1 Å². The van der Waals surface area contributed by atoms with E-state index in [1.165, 1.54) is 5.56 Å². The highest BCUT2D eigenvalue weighted by molar-refractivity contribution is 5.98. The van der Waals surface area contributed by atoms with Gasteiger partial charge in [0.25, 0.3) is 5.91 Å². The Labute approximate surface area is 153 Å². The van der Waals surface area contributed by atoms with Gasteiger partial charge in [0, 0.05) is 30.8 Å². The van der Waals surface area contributed by atoms with Gasteiger partial charge >= 0.3 is 0 Å². The standard InChI is InChI=1S/C22H22N2O2/c1-26-21-11-13-24(20(21)14-16-6-3-2-4-7-16)22(25)18-9-10-19-17(15-18)8-5-12-23-19/h2-10,12,15,20-21H,11,13-14H2,1H3/t20-,21+/m0/s1. The molecule has 1 amide bonds. The lowest BCUT2D eigenvalue weighted by molar-refractivity contribution is 0.0508. The van der Waals surface area contributed by atoms with Crippen LogP contribution in [0.5, 0.6) is 0 Å². The number of likely N-dealkylation sites (tertiary alicyclic amines) is 1. The summed E-state index contributed by atoms with van der Waals surface area (Å²) in [7, 11) is 1.73. The van der Waals surface area contributed by atoms with Crippen molar-refractivity contribution in [3.8, 4) is 0 Å². The molecule has 2 atom stereocenters. The van der Waals surface area contributed by atoms with E-state index in [0.717, 1.165) is 30.3 Å². The smallest absolute Gasteiger partial charge is 0.254 e. The number of ether oxygens (including phenoxy) is 1. The van der Waals surface area contributed by atoms with Crippen molar-refractivity contribution in [2.24, 2.45) is 0 Å². The highest BCUT2D eigenvalue weighted by Gasteiger charge is 2.37. The van der Waals surface area contributed by atoms with Crippen LogP contribution in [0.15, 0.2) is 66.9 Å². The van der Waals surface area contributed by atoms with E-state index in [9.17, 15) is 4.79 Å². The second-order valence-corrected chi connectivity index (χ2v) is 6.73. The Bertz CT molecular complexity index is 910. The van der Waals surface area contributed by atoms with Crippen LogP contribution in [0.2, 0.25) is 0 Å². The van der Waals surface area contributed by atoms with E-state index in [2.05, 4.69) is 17.1 Å². The number of methoxy groups -OCH3 is 1. The number of carbonyl (C=O) groups is 1. The van der Waals surface area contributed by atoms with E-state index >= 15 is 0 Å².